The van der Waals surface area contributed by atoms with Gasteiger partial charge in [0.15, 0.2) is 0 Å². The van der Waals surface area contributed by atoms with Crippen molar-refractivity contribution in [3.63, 3.8) is 0 Å². The Labute approximate surface area is 193 Å². The third kappa shape index (κ3) is 4.94. The Morgan fingerprint density at radius 1 is 0.879 bits per heavy atom. The maximum absolute atomic E-state index is 13.4. The van der Waals surface area contributed by atoms with Crippen molar-refractivity contribution in [2.45, 2.75) is 11.8 Å². The number of anilines is 1. The smallest absolute Gasteiger partial charge is 0.264 e. The fourth-order valence-corrected chi connectivity index (χ4v) is 5.07. The molecular weight excluding hydrogens is 434 g/mol. The highest BCUT2D eigenvalue weighted by molar-refractivity contribution is 7.92. The van der Waals surface area contributed by atoms with Gasteiger partial charge in [-0.1, -0.05) is 78.9 Å². The molecule has 6 nitrogen and oxygen atoms in total. The number of hydrogen-bond acceptors (Lipinski definition) is 4. The van der Waals surface area contributed by atoms with Gasteiger partial charge >= 0.3 is 0 Å². The lowest BCUT2D eigenvalue weighted by atomic mass is 10.1. The Morgan fingerprint density at radius 2 is 1.55 bits per heavy atom. The Bertz CT molecular complexity index is 1410. The minimum atomic E-state index is -3.96. The first kappa shape index (κ1) is 22.2. The molecule has 0 spiro atoms. The molecule has 0 radical (unpaired) electrons. The number of hydrazone groups is 1. The van der Waals surface area contributed by atoms with Gasteiger partial charge in [0.05, 0.1) is 16.8 Å². The predicted molar refractivity (Wildman–Crippen MR) is 132 cm³/mol. The lowest BCUT2D eigenvalue weighted by Crippen LogP contribution is -2.40. The maximum Gasteiger partial charge on any atom is 0.264 e. The summed E-state index contributed by atoms with van der Waals surface area (Å²) in [5.41, 5.74) is 4.49. The van der Waals surface area contributed by atoms with Crippen molar-refractivity contribution in [3.05, 3.63) is 108 Å². The second kappa shape index (κ2) is 9.67. The number of rotatable bonds is 7. The molecule has 4 aromatic carbocycles. The molecule has 7 heteroatoms. The zero-order valence-corrected chi connectivity index (χ0v) is 18.9. The molecule has 0 aliphatic rings. The molecule has 0 unspecified atom stereocenters. The van der Waals surface area contributed by atoms with E-state index in [0.29, 0.717) is 5.69 Å². The van der Waals surface area contributed by atoms with Gasteiger partial charge in [0, 0.05) is 5.56 Å². The summed E-state index contributed by atoms with van der Waals surface area (Å²) in [5.74, 6) is -0.547. The molecule has 166 valence electrons. The average molecular weight is 458 g/mol. The number of fused-ring (bicyclic) bond motifs is 1. The van der Waals surface area contributed by atoms with Crippen LogP contribution < -0.4 is 9.73 Å². The molecule has 0 aliphatic heterocycles. The van der Waals surface area contributed by atoms with Crippen LogP contribution in [-0.4, -0.2) is 27.1 Å². The van der Waals surface area contributed by atoms with E-state index >= 15 is 0 Å². The fourth-order valence-electron chi connectivity index (χ4n) is 3.57. The monoisotopic (exact) mass is 457 g/mol. The van der Waals surface area contributed by atoms with Crippen LogP contribution in [0.3, 0.4) is 0 Å². The van der Waals surface area contributed by atoms with Crippen LogP contribution in [0.4, 0.5) is 5.69 Å². The second-order valence-electron chi connectivity index (χ2n) is 7.47. The Kier molecular flexibility index (Phi) is 6.51. The number of benzene rings is 4. The topological polar surface area (TPSA) is 78.8 Å². The lowest BCUT2D eigenvalue weighted by molar-refractivity contribution is -0.119. The summed E-state index contributed by atoms with van der Waals surface area (Å²) in [4.78, 5) is 12.9. The van der Waals surface area contributed by atoms with Crippen LogP contribution in [0.2, 0.25) is 0 Å². The number of amides is 1. The SMILES string of the molecule is Cc1ccccc1N(CC(=O)NN=Cc1cccc2ccccc12)S(=O)(=O)c1ccccc1. The number of aryl methyl sites for hydroxylation is 1. The van der Waals surface area contributed by atoms with Crippen molar-refractivity contribution in [1.29, 1.82) is 0 Å². The Morgan fingerprint density at radius 3 is 2.33 bits per heavy atom. The van der Waals surface area contributed by atoms with Crippen molar-refractivity contribution in [2.75, 3.05) is 10.8 Å². The normalized spacial score (nSPS) is 11.5. The summed E-state index contributed by atoms with van der Waals surface area (Å²) in [6, 6.07) is 28.8. The summed E-state index contributed by atoms with van der Waals surface area (Å²) >= 11 is 0. The van der Waals surface area contributed by atoms with Crippen LogP contribution in [-0.2, 0) is 14.8 Å². The third-order valence-electron chi connectivity index (χ3n) is 5.22. The number of sulfonamides is 1. The lowest BCUT2D eigenvalue weighted by Gasteiger charge is -2.25. The van der Waals surface area contributed by atoms with Gasteiger partial charge in [-0.15, -0.1) is 0 Å². The van der Waals surface area contributed by atoms with Crippen LogP contribution in [0.5, 0.6) is 0 Å². The average Bonchev–Trinajstić information content (AvgIpc) is 2.84. The molecule has 4 aromatic rings. The molecule has 0 heterocycles. The van der Waals surface area contributed by atoms with Gasteiger partial charge in [-0.3, -0.25) is 9.10 Å². The largest absolute Gasteiger partial charge is 0.271 e. The fraction of sp³-hybridized carbons (Fsp3) is 0.0769. The molecule has 0 bridgehead atoms. The molecule has 1 amide bonds. The molecule has 0 atom stereocenters. The first-order valence-electron chi connectivity index (χ1n) is 10.4. The van der Waals surface area contributed by atoms with E-state index in [1.165, 1.54) is 12.1 Å². The minimum absolute atomic E-state index is 0.111. The van der Waals surface area contributed by atoms with Gasteiger partial charge in [0.25, 0.3) is 15.9 Å². The highest BCUT2D eigenvalue weighted by Crippen LogP contribution is 2.26. The van der Waals surface area contributed by atoms with Gasteiger partial charge in [0.2, 0.25) is 0 Å². The molecule has 0 aliphatic carbocycles. The van der Waals surface area contributed by atoms with E-state index in [1.807, 2.05) is 48.5 Å². The molecule has 0 fully saturated rings. The first-order valence-corrected chi connectivity index (χ1v) is 11.8. The van der Waals surface area contributed by atoms with E-state index in [1.54, 1.807) is 49.5 Å². The van der Waals surface area contributed by atoms with Crippen molar-refractivity contribution in [3.8, 4) is 0 Å². The highest BCUT2D eigenvalue weighted by atomic mass is 32.2. The van der Waals surface area contributed by atoms with Crippen LogP contribution >= 0.6 is 0 Å². The third-order valence-corrected chi connectivity index (χ3v) is 6.99. The van der Waals surface area contributed by atoms with E-state index in [2.05, 4.69) is 10.5 Å². The Hall–Kier alpha value is -3.97. The summed E-state index contributed by atoms with van der Waals surface area (Å²) < 4.78 is 27.9. The summed E-state index contributed by atoms with van der Waals surface area (Å²) in [6.07, 6.45) is 1.56. The van der Waals surface area contributed by atoms with Crippen molar-refractivity contribution < 1.29 is 13.2 Å². The van der Waals surface area contributed by atoms with Crippen LogP contribution in [0.1, 0.15) is 11.1 Å². The van der Waals surface area contributed by atoms with Gasteiger partial charge < -0.3 is 0 Å². The highest BCUT2D eigenvalue weighted by Gasteiger charge is 2.27. The van der Waals surface area contributed by atoms with Crippen LogP contribution in [0.25, 0.3) is 10.8 Å². The maximum atomic E-state index is 13.4. The van der Waals surface area contributed by atoms with Gasteiger partial charge in [0.1, 0.15) is 6.54 Å². The molecule has 0 saturated heterocycles. The number of nitrogens with zero attached hydrogens (tertiary/aromatic N) is 2. The quantitative estimate of drug-likeness (QED) is 0.328. The van der Waals surface area contributed by atoms with E-state index < -0.39 is 22.5 Å². The van der Waals surface area contributed by atoms with E-state index in [0.717, 1.165) is 26.2 Å². The van der Waals surface area contributed by atoms with Gasteiger partial charge in [-0.25, -0.2) is 13.8 Å². The molecule has 0 saturated carbocycles. The van der Waals surface area contributed by atoms with Crippen molar-refractivity contribution >= 4 is 38.6 Å². The number of carbonyl (C=O) groups excluding carboxylic acids is 1. The summed E-state index contributed by atoms with van der Waals surface area (Å²) in [5, 5.41) is 6.14. The standard InChI is InChI=1S/C26H23N3O3S/c1-20-10-5-8-17-25(20)29(33(31,32)23-14-3-2-4-15-23)19-26(30)28-27-18-22-13-9-12-21-11-6-7-16-24(21)22/h2-18H,19H2,1H3,(H,28,30). The summed E-state index contributed by atoms with van der Waals surface area (Å²) in [6.45, 7) is 1.40. The number of carbonyl (C=O) groups is 1. The number of hydrogen-bond donors (Lipinski definition) is 1. The van der Waals surface area contributed by atoms with E-state index in [-0.39, 0.29) is 4.90 Å². The van der Waals surface area contributed by atoms with Crippen molar-refractivity contribution in [1.82, 2.24) is 5.43 Å². The van der Waals surface area contributed by atoms with Crippen molar-refractivity contribution in [2.24, 2.45) is 5.10 Å². The van der Waals surface area contributed by atoms with E-state index in [9.17, 15) is 13.2 Å². The Balaban J connectivity index is 1.58. The van der Waals surface area contributed by atoms with E-state index in [4.69, 9.17) is 0 Å². The first-order chi connectivity index (χ1) is 16.0. The van der Waals surface area contributed by atoms with Crippen LogP contribution in [0, 0.1) is 6.92 Å². The van der Waals surface area contributed by atoms with Gasteiger partial charge in [-0.2, -0.15) is 5.10 Å². The number of nitrogens with one attached hydrogen (secondary N) is 1. The minimum Gasteiger partial charge on any atom is -0.271 e. The van der Waals surface area contributed by atoms with Crippen LogP contribution in [0.15, 0.2) is 107 Å². The molecule has 33 heavy (non-hydrogen) atoms. The molecular formula is C26H23N3O3S. The van der Waals surface area contributed by atoms with Gasteiger partial charge in [-0.05, 0) is 41.5 Å². The zero-order chi connectivity index (χ0) is 23.3. The molecule has 0 aromatic heterocycles. The predicted octanol–water partition coefficient (Wildman–Crippen LogP) is 4.49. The summed E-state index contributed by atoms with van der Waals surface area (Å²) in [7, 11) is -3.96. The zero-order valence-electron chi connectivity index (χ0n) is 18.0. The number of para-hydroxylation sites is 1. The second-order valence-corrected chi connectivity index (χ2v) is 9.34. The molecule has 1 N–H and O–H groups in total. The molecule has 4 rings (SSSR count).